The fourth-order valence-corrected chi connectivity index (χ4v) is 4.19. The Hall–Kier alpha value is -2.63. The van der Waals surface area contributed by atoms with Gasteiger partial charge in [0.2, 0.25) is 0 Å². The van der Waals surface area contributed by atoms with Crippen LogP contribution in [0.2, 0.25) is 5.02 Å². The van der Waals surface area contributed by atoms with E-state index in [2.05, 4.69) is 35.9 Å². The summed E-state index contributed by atoms with van der Waals surface area (Å²) in [5.41, 5.74) is 2.48. The standard InChI is InChI=1S/C24H25ClN2O2S/c1-3-13-27(14-4-2)20-11-5-17(6-12-20)15-22-24(29)26-23(30-22)16-21(28)18-7-9-19(25)10-8-18/h5-12,15-16H,3-4,13-14H2,1-2H3,(H,26,29)/b22-15-,23-16-. The molecule has 0 aliphatic rings. The first-order valence-electron chi connectivity index (χ1n) is 10.1. The minimum absolute atomic E-state index is 0.174. The molecule has 0 fully saturated rings. The molecule has 2 aromatic carbocycles. The minimum atomic E-state index is -0.196. The van der Waals surface area contributed by atoms with Crippen LogP contribution in [0.25, 0.3) is 12.2 Å². The van der Waals surface area contributed by atoms with Gasteiger partial charge in [0, 0.05) is 35.4 Å². The molecule has 0 atom stereocenters. The van der Waals surface area contributed by atoms with Crippen LogP contribution in [0.5, 0.6) is 0 Å². The summed E-state index contributed by atoms with van der Waals surface area (Å²) in [6.45, 7) is 6.42. The van der Waals surface area contributed by atoms with Gasteiger partial charge in [-0.1, -0.05) is 37.6 Å². The number of rotatable bonds is 8. The zero-order valence-corrected chi connectivity index (χ0v) is 18.7. The number of nitrogens with zero attached hydrogens (tertiary/aromatic N) is 1. The second-order valence-electron chi connectivity index (χ2n) is 7.02. The maximum absolute atomic E-state index is 12.4. The molecule has 0 saturated heterocycles. The molecule has 0 radical (unpaired) electrons. The average molecular weight is 441 g/mol. The molecule has 0 aliphatic carbocycles. The Labute approximate surface area is 185 Å². The van der Waals surface area contributed by atoms with Crippen LogP contribution < -0.4 is 19.7 Å². The maximum atomic E-state index is 12.4. The molecule has 3 rings (SSSR count). The van der Waals surface area contributed by atoms with Crippen molar-refractivity contribution in [2.24, 2.45) is 0 Å². The largest absolute Gasteiger partial charge is 0.372 e. The Morgan fingerprint density at radius 3 is 2.27 bits per heavy atom. The summed E-state index contributed by atoms with van der Waals surface area (Å²) in [5, 5.41) is 0.575. The van der Waals surface area contributed by atoms with Gasteiger partial charge < -0.3 is 9.88 Å². The third-order valence-corrected chi connectivity index (χ3v) is 5.83. The van der Waals surface area contributed by atoms with Gasteiger partial charge in [-0.3, -0.25) is 9.59 Å². The van der Waals surface area contributed by atoms with Crippen molar-refractivity contribution in [2.45, 2.75) is 26.7 Å². The molecule has 0 bridgehead atoms. The van der Waals surface area contributed by atoms with Gasteiger partial charge in [0.25, 0.3) is 5.56 Å². The Morgan fingerprint density at radius 1 is 1.03 bits per heavy atom. The quantitative estimate of drug-likeness (QED) is 0.534. The zero-order chi connectivity index (χ0) is 21.5. The lowest BCUT2D eigenvalue weighted by molar-refractivity contribution is 0.106. The van der Waals surface area contributed by atoms with Crippen LogP contribution in [-0.2, 0) is 0 Å². The fourth-order valence-electron chi connectivity index (χ4n) is 3.18. The molecule has 0 spiro atoms. The van der Waals surface area contributed by atoms with E-state index in [-0.39, 0.29) is 11.3 Å². The first-order chi connectivity index (χ1) is 14.5. The molecule has 156 valence electrons. The van der Waals surface area contributed by atoms with E-state index in [9.17, 15) is 9.59 Å². The molecule has 4 nitrogen and oxygen atoms in total. The zero-order valence-electron chi connectivity index (χ0n) is 17.2. The van der Waals surface area contributed by atoms with E-state index in [1.165, 1.54) is 23.1 Å². The summed E-state index contributed by atoms with van der Waals surface area (Å²) < 4.78 is 1.09. The van der Waals surface area contributed by atoms with Crippen molar-refractivity contribution in [1.29, 1.82) is 0 Å². The van der Waals surface area contributed by atoms with Gasteiger partial charge in [0.1, 0.15) is 0 Å². The number of H-pyrrole nitrogens is 1. The van der Waals surface area contributed by atoms with E-state index >= 15 is 0 Å². The van der Waals surface area contributed by atoms with Gasteiger partial charge in [-0.25, -0.2) is 0 Å². The lowest BCUT2D eigenvalue weighted by atomic mass is 10.1. The van der Waals surface area contributed by atoms with Crippen molar-refractivity contribution in [1.82, 2.24) is 4.98 Å². The van der Waals surface area contributed by atoms with Crippen LogP contribution in [-0.4, -0.2) is 23.9 Å². The smallest absolute Gasteiger partial charge is 0.266 e. The van der Waals surface area contributed by atoms with Crippen LogP contribution in [0, 0.1) is 0 Å². The SMILES string of the molecule is CCCN(CCC)c1ccc(/C=c2\s/c(=C\C(=O)c3ccc(Cl)cc3)[nH]c2=O)cc1. The molecule has 3 aromatic rings. The Bertz CT molecular complexity index is 1160. The predicted octanol–water partition coefficient (Wildman–Crippen LogP) is 4.21. The highest BCUT2D eigenvalue weighted by Gasteiger charge is 2.05. The van der Waals surface area contributed by atoms with E-state index in [1.807, 2.05) is 18.2 Å². The lowest BCUT2D eigenvalue weighted by Gasteiger charge is -2.23. The van der Waals surface area contributed by atoms with Crippen LogP contribution in [0.3, 0.4) is 0 Å². The van der Waals surface area contributed by atoms with Gasteiger partial charge in [-0.05, 0) is 60.9 Å². The number of benzene rings is 2. The molecule has 0 saturated carbocycles. The number of nitrogens with one attached hydrogen (secondary N) is 1. The molecular formula is C24H25ClN2O2S. The number of anilines is 1. The molecule has 1 heterocycles. The van der Waals surface area contributed by atoms with Crippen molar-refractivity contribution < 1.29 is 4.79 Å². The third kappa shape index (κ3) is 5.71. The molecule has 30 heavy (non-hydrogen) atoms. The van der Waals surface area contributed by atoms with Crippen LogP contribution in [0.1, 0.15) is 42.6 Å². The second-order valence-corrected chi connectivity index (χ2v) is 8.54. The summed E-state index contributed by atoms with van der Waals surface area (Å²) in [5.74, 6) is -0.174. The molecule has 1 N–H and O–H groups in total. The first-order valence-corrected chi connectivity index (χ1v) is 11.3. The number of thiazole rings is 1. The van der Waals surface area contributed by atoms with E-state index in [0.29, 0.717) is 19.8 Å². The summed E-state index contributed by atoms with van der Waals surface area (Å²) in [6, 6.07) is 14.9. The second kappa shape index (κ2) is 10.4. The van der Waals surface area contributed by atoms with Gasteiger partial charge >= 0.3 is 0 Å². The van der Waals surface area contributed by atoms with Crippen LogP contribution in [0.15, 0.2) is 53.3 Å². The number of ketones is 1. The molecule has 0 aliphatic heterocycles. The number of carbonyl (C=O) groups excluding carboxylic acids is 1. The summed E-state index contributed by atoms with van der Waals surface area (Å²) in [7, 11) is 0. The molecule has 0 amide bonds. The Balaban J connectivity index is 1.84. The molecule has 1 aromatic heterocycles. The number of carbonyl (C=O) groups is 1. The number of aromatic amines is 1. The number of Topliss-reactive ketones (excluding diaryl/α,β-unsaturated/α-hetero) is 1. The monoisotopic (exact) mass is 440 g/mol. The summed E-state index contributed by atoms with van der Waals surface area (Å²) >= 11 is 7.13. The highest BCUT2D eigenvalue weighted by atomic mass is 35.5. The summed E-state index contributed by atoms with van der Waals surface area (Å²) in [6.07, 6.45) is 5.50. The van der Waals surface area contributed by atoms with Gasteiger partial charge in [-0.2, -0.15) is 0 Å². The van der Waals surface area contributed by atoms with Crippen molar-refractivity contribution in [2.75, 3.05) is 18.0 Å². The van der Waals surface area contributed by atoms with E-state index in [1.54, 1.807) is 24.3 Å². The van der Waals surface area contributed by atoms with Gasteiger partial charge in [0.05, 0.1) is 9.20 Å². The fraction of sp³-hybridized carbons (Fsp3) is 0.250. The van der Waals surface area contributed by atoms with Gasteiger partial charge in [0.15, 0.2) is 5.78 Å². The van der Waals surface area contributed by atoms with Crippen molar-refractivity contribution in [3.63, 3.8) is 0 Å². The number of aromatic nitrogens is 1. The van der Waals surface area contributed by atoms with Crippen LogP contribution in [0.4, 0.5) is 5.69 Å². The number of hydrogen-bond acceptors (Lipinski definition) is 4. The van der Waals surface area contributed by atoms with E-state index < -0.39 is 0 Å². The molecule has 0 unspecified atom stereocenters. The Kier molecular flexibility index (Phi) is 7.66. The Morgan fingerprint density at radius 2 is 1.67 bits per heavy atom. The number of halogens is 1. The highest BCUT2D eigenvalue weighted by Crippen LogP contribution is 2.16. The predicted molar refractivity (Wildman–Crippen MR) is 127 cm³/mol. The van der Waals surface area contributed by atoms with Gasteiger partial charge in [-0.15, -0.1) is 11.3 Å². The van der Waals surface area contributed by atoms with E-state index in [0.717, 1.165) is 31.5 Å². The normalized spacial score (nSPS) is 12.4. The van der Waals surface area contributed by atoms with Crippen molar-refractivity contribution in [3.05, 3.63) is 84.2 Å². The first kappa shape index (κ1) is 22.1. The average Bonchev–Trinajstić information content (AvgIpc) is 3.07. The minimum Gasteiger partial charge on any atom is -0.372 e. The van der Waals surface area contributed by atoms with Crippen molar-refractivity contribution in [3.8, 4) is 0 Å². The maximum Gasteiger partial charge on any atom is 0.266 e. The molecular weight excluding hydrogens is 416 g/mol. The number of hydrogen-bond donors (Lipinski definition) is 1. The van der Waals surface area contributed by atoms with Crippen LogP contribution >= 0.6 is 22.9 Å². The lowest BCUT2D eigenvalue weighted by Crippen LogP contribution is -2.24. The van der Waals surface area contributed by atoms with Crippen molar-refractivity contribution >= 4 is 46.6 Å². The van der Waals surface area contributed by atoms with E-state index in [4.69, 9.17) is 11.6 Å². The topological polar surface area (TPSA) is 53.2 Å². The third-order valence-electron chi connectivity index (χ3n) is 4.61. The summed E-state index contributed by atoms with van der Waals surface area (Å²) in [4.78, 5) is 29.8. The highest BCUT2D eigenvalue weighted by molar-refractivity contribution is 7.07. The molecule has 6 heteroatoms.